The van der Waals surface area contributed by atoms with Crippen LogP contribution in [0.15, 0.2) is 48.9 Å². The molecule has 0 atom stereocenters. The van der Waals surface area contributed by atoms with Gasteiger partial charge < -0.3 is 5.32 Å². The molecule has 0 aliphatic heterocycles. The van der Waals surface area contributed by atoms with E-state index in [-0.39, 0.29) is 5.91 Å². The first-order valence-corrected chi connectivity index (χ1v) is 7.13. The van der Waals surface area contributed by atoms with Gasteiger partial charge in [0.1, 0.15) is 5.54 Å². The van der Waals surface area contributed by atoms with Crippen LogP contribution in [0, 0.1) is 11.3 Å². The van der Waals surface area contributed by atoms with Crippen LogP contribution in [0.5, 0.6) is 0 Å². The molecule has 0 bridgehead atoms. The maximum Gasteiger partial charge on any atom is 0.253 e. The Kier molecular flexibility index (Phi) is 3.54. The Morgan fingerprint density at radius 2 is 2.13 bits per heavy atom. The smallest absolute Gasteiger partial charge is 0.253 e. The third kappa shape index (κ3) is 2.90. The second kappa shape index (κ2) is 5.54. The topological polar surface area (TPSA) is 83.6 Å². The van der Waals surface area contributed by atoms with Crippen molar-refractivity contribution in [2.45, 2.75) is 19.4 Å². The van der Waals surface area contributed by atoms with Crippen LogP contribution in [0.4, 0.5) is 0 Å². The number of amides is 1. The normalized spacial score (nSPS) is 11.2. The average Bonchev–Trinajstić information content (AvgIpc) is 2.99. The van der Waals surface area contributed by atoms with Gasteiger partial charge in [0.2, 0.25) is 0 Å². The van der Waals surface area contributed by atoms with Crippen LogP contribution < -0.4 is 5.32 Å². The van der Waals surface area contributed by atoms with E-state index in [0.29, 0.717) is 11.1 Å². The van der Waals surface area contributed by atoms with Gasteiger partial charge in [-0.3, -0.25) is 9.78 Å². The average molecular weight is 305 g/mol. The van der Waals surface area contributed by atoms with E-state index in [9.17, 15) is 4.79 Å². The van der Waals surface area contributed by atoms with E-state index in [1.54, 1.807) is 49.3 Å². The van der Waals surface area contributed by atoms with Crippen LogP contribution in [0.3, 0.4) is 0 Å². The van der Waals surface area contributed by atoms with Crippen molar-refractivity contribution in [1.82, 2.24) is 20.1 Å². The number of nitrogens with one attached hydrogen (secondary N) is 1. The quantitative estimate of drug-likeness (QED) is 0.805. The fourth-order valence-corrected chi connectivity index (χ4v) is 2.24. The molecule has 0 saturated heterocycles. The van der Waals surface area contributed by atoms with Crippen LogP contribution >= 0.6 is 0 Å². The molecule has 2 heterocycles. The lowest BCUT2D eigenvalue weighted by Crippen LogP contribution is -2.42. The van der Waals surface area contributed by atoms with Crippen molar-refractivity contribution >= 4 is 16.8 Å². The summed E-state index contributed by atoms with van der Waals surface area (Å²) in [6.07, 6.45) is 5.18. The molecule has 0 aliphatic carbocycles. The third-order valence-electron chi connectivity index (χ3n) is 3.41. The summed E-state index contributed by atoms with van der Waals surface area (Å²) in [6.45, 7) is 3.31. The summed E-state index contributed by atoms with van der Waals surface area (Å²) >= 11 is 0. The Bertz CT molecular complexity index is 906. The first kappa shape index (κ1) is 14.7. The Morgan fingerprint density at radius 3 is 2.83 bits per heavy atom. The zero-order chi connectivity index (χ0) is 16.4. The second-order valence-electron chi connectivity index (χ2n) is 5.71. The molecule has 6 heteroatoms. The van der Waals surface area contributed by atoms with Gasteiger partial charge >= 0.3 is 0 Å². The Balaban J connectivity index is 2.04. The number of benzene rings is 1. The Labute approximate surface area is 133 Å². The minimum Gasteiger partial charge on any atom is -0.334 e. The van der Waals surface area contributed by atoms with Crippen molar-refractivity contribution in [3.8, 4) is 11.8 Å². The number of fused-ring (bicyclic) bond motifs is 1. The molecule has 0 fully saturated rings. The predicted molar refractivity (Wildman–Crippen MR) is 86.0 cm³/mol. The molecule has 6 nitrogen and oxygen atoms in total. The number of hydrogen-bond acceptors (Lipinski definition) is 4. The molecular formula is C17H15N5O. The van der Waals surface area contributed by atoms with Crippen molar-refractivity contribution in [1.29, 1.82) is 5.26 Å². The van der Waals surface area contributed by atoms with Crippen LogP contribution in [-0.2, 0) is 0 Å². The van der Waals surface area contributed by atoms with Crippen molar-refractivity contribution in [2.75, 3.05) is 0 Å². The summed E-state index contributed by atoms with van der Waals surface area (Å²) in [5.41, 5.74) is 1.07. The monoisotopic (exact) mass is 305 g/mol. The van der Waals surface area contributed by atoms with Crippen molar-refractivity contribution < 1.29 is 4.79 Å². The zero-order valence-electron chi connectivity index (χ0n) is 12.8. The van der Waals surface area contributed by atoms with E-state index >= 15 is 0 Å². The largest absolute Gasteiger partial charge is 0.334 e. The van der Waals surface area contributed by atoms with Crippen molar-refractivity contribution in [3.63, 3.8) is 0 Å². The molecule has 3 aromatic rings. The highest BCUT2D eigenvalue weighted by atomic mass is 16.1. The second-order valence-corrected chi connectivity index (χ2v) is 5.71. The summed E-state index contributed by atoms with van der Waals surface area (Å²) in [5.74, 6) is -0.298. The van der Waals surface area contributed by atoms with E-state index in [1.807, 2.05) is 18.2 Å². The Hall–Kier alpha value is -3.20. The number of carbonyl (C=O) groups is 1. The van der Waals surface area contributed by atoms with Crippen molar-refractivity contribution in [3.05, 3.63) is 54.5 Å². The molecule has 3 rings (SSSR count). The first-order valence-electron chi connectivity index (χ1n) is 7.13. The molecule has 0 spiro atoms. The molecule has 1 N–H and O–H groups in total. The van der Waals surface area contributed by atoms with E-state index < -0.39 is 5.54 Å². The highest BCUT2D eigenvalue weighted by molar-refractivity contribution is 6.06. The van der Waals surface area contributed by atoms with Crippen LogP contribution in [-0.4, -0.2) is 26.2 Å². The lowest BCUT2D eigenvalue weighted by molar-refractivity contribution is 0.0931. The lowest BCUT2D eigenvalue weighted by Gasteiger charge is -2.17. The summed E-state index contributed by atoms with van der Waals surface area (Å²) < 4.78 is 1.68. The summed E-state index contributed by atoms with van der Waals surface area (Å²) in [5, 5.41) is 17.0. The maximum absolute atomic E-state index is 12.5. The lowest BCUT2D eigenvalue weighted by atomic mass is 10.1. The van der Waals surface area contributed by atoms with Crippen LogP contribution in [0.1, 0.15) is 24.2 Å². The SMILES string of the molecule is CC(C)(C#N)NC(=O)c1cccc2nn(-c3cccnc3)cc12. The minimum absolute atomic E-state index is 0.298. The molecule has 1 aromatic carbocycles. The van der Waals surface area contributed by atoms with Gasteiger partial charge in [-0.25, -0.2) is 4.68 Å². The van der Waals surface area contributed by atoms with Gasteiger partial charge in [-0.05, 0) is 38.1 Å². The number of carbonyl (C=O) groups excluding carboxylic acids is 1. The Morgan fingerprint density at radius 1 is 1.30 bits per heavy atom. The van der Waals surface area contributed by atoms with Gasteiger partial charge in [0, 0.05) is 17.8 Å². The first-order chi connectivity index (χ1) is 11.0. The van der Waals surface area contributed by atoms with Gasteiger partial charge in [-0.15, -0.1) is 0 Å². The number of rotatable bonds is 3. The van der Waals surface area contributed by atoms with Gasteiger partial charge in [0.15, 0.2) is 0 Å². The molecular weight excluding hydrogens is 290 g/mol. The van der Waals surface area contributed by atoms with Crippen LogP contribution in [0.25, 0.3) is 16.6 Å². The fraction of sp³-hybridized carbons (Fsp3) is 0.176. The van der Waals surface area contributed by atoms with Gasteiger partial charge in [-0.2, -0.15) is 10.4 Å². The minimum atomic E-state index is -0.932. The summed E-state index contributed by atoms with van der Waals surface area (Å²) in [7, 11) is 0. The van der Waals surface area contributed by atoms with E-state index in [4.69, 9.17) is 5.26 Å². The van der Waals surface area contributed by atoms with E-state index in [2.05, 4.69) is 21.5 Å². The highest BCUT2D eigenvalue weighted by Gasteiger charge is 2.22. The molecule has 0 aliphatic rings. The summed E-state index contributed by atoms with van der Waals surface area (Å²) in [6, 6.07) is 11.1. The standard InChI is InChI=1S/C17H15N5O/c1-17(2,11-18)20-16(23)13-6-3-7-15-14(13)10-22(21-15)12-5-4-8-19-9-12/h3-10H,1-2H3,(H,20,23). The number of hydrogen-bond donors (Lipinski definition) is 1. The predicted octanol–water partition coefficient (Wildman–Crippen LogP) is 2.45. The zero-order valence-corrected chi connectivity index (χ0v) is 12.8. The number of pyridine rings is 1. The molecule has 23 heavy (non-hydrogen) atoms. The van der Waals surface area contributed by atoms with Gasteiger partial charge in [0.05, 0.1) is 29.0 Å². The number of aromatic nitrogens is 3. The molecule has 114 valence electrons. The number of nitriles is 1. The van der Waals surface area contributed by atoms with Gasteiger partial charge in [-0.1, -0.05) is 6.07 Å². The third-order valence-corrected chi connectivity index (χ3v) is 3.41. The van der Waals surface area contributed by atoms with Crippen LogP contribution in [0.2, 0.25) is 0 Å². The molecule has 0 unspecified atom stereocenters. The fourth-order valence-electron chi connectivity index (χ4n) is 2.24. The summed E-state index contributed by atoms with van der Waals surface area (Å²) in [4.78, 5) is 16.5. The molecule has 2 aromatic heterocycles. The van der Waals surface area contributed by atoms with Crippen molar-refractivity contribution in [2.24, 2.45) is 0 Å². The molecule has 0 saturated carbocycles. The number of nitrogens with zero attached hydrogens (tertiary/aromatic N) is 4. The van der Waals surface area contributed by atoms with Gasteiger partial charge in [0.25, 0.3) is 5.91 Å². The maximum atomic E-state index is 12.5. The van der Waals surface area contributed by atoms with E-state index in [1.165, 1.54) is 0 Å². The van der Waals surface area contributed by atoms with E-state index in [0.717, 1.165) is 11.1 Å². The molecule has 1 amide bonds. The molecule has 0 radical (unpaired) electrons. The highest BCUT2D eigenvalue weighted by Crippen LogP contribution is 2.20.